The third-order valence-corrected chi connectivity index (χ3v) is 6.67. The maximum absolute atomic E-state index is 6.75. The number of hydrogen-bond acceptors (Lipinski definition) is 7. The van der Waals surface area contributed by atoms with Gasteiger partial charge < -0.3 is 24.3 Å². The third-order valence-electron chi connectivity index (χ3n) is 6.67. The second-order valence-electron chi connectivity index (χ2n) is 8.75. The Morgan fingerprint density at radius 2 is 1.64 bits per heavy atom. The van der Waals surface area contributed by atoms with Crippen molar-refractivity contribution in [1.29, 1.82) is 0 Å². The minimum atomic E-state index is -0.459. The molecular formula is C28H26N4O4. The van der Waals surface area contributed by atoms with Crippen LogP contribution in [-0.4, -0.2) is 36.1 Å². The smallest absolute Gasteiger partial charge is 0.226 e. The number of rotatable bonds is 5. The molecule has 2 aliphatic rings. The van der Waals surface area contributed by atoms with E-state index >= 15 is 0 Å². The molecule has 0 saturated heterocycles. The average Bonchev–Trinajstić information content (AvgIpc) is 3.39. The van der Waals surface area contributed by atoms with Gasteiger partial charge in [0, 0.05) is 16.7 Å². The van der Waals surface area contributed by atoms with Crippen LogP contribution in [-0.2, 0) is 0 Å². The van der Waals surface area contributed by atoms with Crippen molar-refractivity contribution in [2.24, 2.45) is 0 Å². The molecule has 4 aromatic rings. The monoisotopic (exact) mass is 482 g/mol. The van der Waals surface area contributed by atoms with Crippen molar-refractivity contribution in [2.75, 3.05) is 26.6 Å². The van der Waals surface area contributed by atoms with Crippen LogP contribution in [0.5, 0.6) is 23.0 Å². The molecule has 1 aromatic heterocycles. The summed E-state index contributed by atoms with van der Waals surface area (Å²) in [5.74, 6) is 3.12. The van der Waals surface area contributed by atoms with E-state index in [1.807, 2.05) is 41.1 Å². The van der Waals surface area contributed by atoms with Crippen LogP contribution >= 0.6 is 0 Å². The van der Waals surface area contributed by atoms with Gasteiger partial charge in [0.05, 0.1) is 27.0 Å². The van der Waals surface area contributed by atoms with E-state index in [0.717, 1.165) is 39.3 Å². The van der Waals surface area contributed by atoms with E-state index < -0.39 is 6.10 Å². The zero-order valence-electron chi connectivity index (χ0n) is 20.5. The SMILES string of the molecule is COc1cc([C@@H]2Oc3ccc(C)cc3C3=C2[C@@H](c2ccccc2)n2ncnc2N3)cc(OC)c1OC. The molecule has 0 bridgehead atoms. The van der Waals surface area contributed by atoms with Gasteiger partial charge in [0.2, 0.25) is 11.7 Å². The molecule has 2 atom stereocenters. The lowest BCUT2D eigenvalue weighted by Gasteiger charge is -2.39. The molecule has 0 spiro atoms. The van der Waals surface area contributed by atoms with Crippen LogP contribution in [0.25, 0.3) is 5.70 Å². The number of hydrogen-bond donors (Lipinski definition) is 1. The molecule has 0 unspecified atom stereocenters. The molecule has 0 radical (unpaired) electrons. The Morgan fingerprint density at radius 3 is 2.33 bits per heavy atom. The van der Waals surface area contributed by atoms with Gasteiger partial charge >= 0.3 is 0 Å². The third kappa shape index (κ3) is 3.37. The highest BCUT2D eigenvalue weighted by molar-refractivity contribution is 5.85. The Hall–Kier alpha value is -4.46. The number of fused-ring (bicyclic) bond motifs is 3. The fraction of sp³-hybridized carbons (Fsp3) is 0.214. The maximum atomic E-state index is 6.75. The van der Waals surface area contributed by atoms with Crippen molar-refractivity contribution in [3.63, 3.8) is 0 Å². The summed E-state index contributed by atoms with van der Waals surface area (Å²) in [6.45, 7) is 2.08. The molecule has 8 nitrogen and oxygen atoms in total. The molecule has 6 rings (SSSR count). The largest absolute Gasteiger partial charge is 0.493 e. The lowest BCUT2D eigenvalue weighted by Crippen LogP contribution is -2.32. The molecule has 1 N–H and O–H groups in total. The molecule has 182 valence electrons. The van der Waals surface area contributed by atoms with Crippen molar-refractivity contribution in [3.8, 4) is 23.0 Å². The number of ether oxygens (including phenoxy) is 4. The summed E-state index contributed by atoms with van der Waals surface area (Å²) in [7, 11) is 4.82. The molecule has 0 fully saturated rings. The van der Waals surface area contributed by atoms with Gasteiger partial charge in [-0.15, -0.1) is 0 Å². The van der Waals surface area contributed by atoms with Crippen molar-refractivity contribution in [3.05, 3.63) is 94.8 Å². The quantitative estimate of drug-likeness (QED) is 0.420. The number of methoxy groups -OCH3 is 3. The fourth-order valence-electron chi connectivity index (χ4n) is 5.07. The summed E-state index contributed by atoms with van der Waals surface area (Å²) < 4.78 is 25.6. The molecule has 0 amide bonds. The van der Waals surface area contributed by atoms with Crippen LogP contribution in [0.2, 0.25) is 0 Å². The van der Waals surface area contributed by atoms with Crippen LogP contribution in [0, 0.1) is 6.92 Å². The minimum absolute atomic E-state index is 0.238. The number of aromatic nitrogens is 3. The Kier molecular flexibility index (Phi) is 5.29. The number of aryl methyl sites for hydroxylation is 1. The minimum Gasteiger partial charge on any atom is -0.493 e. The highest BCUT2D eigenvalue weighted by atomic mass is 16.5. The van der Waals surface area contributed by atoms with E-state index in [2.05, 4.69) is 46.6 Å². The van der Waals surface area contributed by atoms with E-state index in [1.165, 1.54) is 0 Å². The van der Waals surface area contributed by atoms with Crippen LogP contribution in [0.4, 0.5) is 5.95 Å². The first-order valence-electron chi connectivity index (χ1n) is 11.7. The van der Waals surface area contributed by atoms with Crippen LogP contribution in [0.1, 0.15) is 34.4 Å². The molecule has 0 aliphatic carbocycles. The van der Waals surface area contributed by atoms with Gasteiger partial charge in [-0.1, -0.05) is 42.0 Å². The van der Waals surface area contributed by atoms with Gasteiger partial charge in [-0.05, 0) is 36.8 Å². The summed E-state index contributed by atoms with van der Waals surface area (Å²) >= 11 is 0. The lowest BCUT2D eigenvalue weighted by molar-refractivity contribution is 0.221. The molecule has 3 heterocycles. The van der Waals surface area contributed by atoms with Crippen molar-refractivity contribution < 1.29 is 18.9 Å². The van der Waals surface area contributed by atoms with E-state index in [-0.39, 0.29) is 6.04 Å². The second kappa shape index (κ2) is 8.64. The summed E-state index contributed by atoms with van der Waals surface area (Å²) in [5, 5.41) is 8.13. The van der Waals surface area contributed by atoms with Gasteiger partial charge in [-0.2, -0.15) is 10.1 Å². The Morgan fingerprint density at radius 1 is 0.889 bits per heavy atom. The van der Waals surface area contributed by atoms with Crippen molar-refractivity contribution in [1.82, 2.24) is 14.8 Å². The molecule has 36 heavy (non-hydrogen) atoms. The molecule has 3 aromatic carbocycles. The Bertz CT molecular complexity index is 1450. The summed E-state index contributed by atoms with van der Waals surface area (Å²) in [6.07, 6.45) is 1.11. The second-order valence-corrected chi connectivity index (χ2v) is 8.75. The van der Waals surface area contributed by atoms with Crippen molar-refractivity contribution in [2.45, 2.75) is 19.1 Å². The van der Waals surface area contributed by atoms with Crippen molar-refractivity contribution >= 4 is 11.6 Å². The predicted molar refractivity (Wildman–Crippen MR) is 136 cm³/mol. The van der Waals surface area contributed by atoms with Gasteiger partial charge in [0.25, 0.3) is 0 Å². The van der Waals surface area contributed by atoms with E-state index in [4.69, 9.17) is 18.9 Å². The zero-order chi connectivity index (χ0) is 24.8. The Balaban J connectivity index is 1.63. The summed E-state index contributed by atoms with van der Waals surface area (Å²) in [6, 6.07) is 20.1. The normalized spacial score (nSPS) is 17.8. The number of benzene rings is 3. The van der Waals surface area contributed by atoms with Gasteiger partial charge in [-0.25, -0.2) is 4.68 Å². The highest BCUT2D eigenvalue weighted by Gasteiger charge is 2.41. The first-order chi connectivity index (χ1) is 17.6. The zero-order valence-corrected chi connectivity index (χ0v) is 20.5. The maximum Gasteiger partial charge on any atom is 0.226 e. The van der Waals surface area contributed by atoms with Gasteiger partial charge in [0.15, 0.2) is 11.5 Å². The molecule has 8 heteroatoms. The number of anilines is 1. The lowest BCUT2D eigenvalue weighted by atomic mass is 9.84. The standard InChI is InChI=1S/C28H26N4O4/c1-16-10-11-20-19(12-16)24-23(25(17-8-6-5-7-9-17)32-28(31-24)29-15-30-32)26(36-20)18-13-21(33-2)27(35-4)22(14-18)34-3/h5-15,25-26H,1-4H3,(H,29,30,31)/t25-,26+/m1/s1. The van der Waals surface area contributed by atoms with Crippen LogP contribution in [0.3, 0.4) is 0 Å². The van der Waals surface area contributed by atoms with E-state index in [0.29, 0.717) is 23.2 Å². The van der Waals surface area contributed by atoms with Gasteiger partial charge in [-0.3, -0.25) is 0 Å². The fourth-order valence-corrected chi connectivity index (χ4v) is 5.07. The average molecular weight is 483 g/mol. The summed E-state index contributed by atoms with van der Waals surface area (Å²) in [4.78, 5) is 4.50. The van der Waals surface area contributed by atoms with Crippen LogP contribution < -0.4 is 24.3 Å². The van der Waals surface area contributed by atoms with E-state index in [1.54, 1.807) is 27.7 Å². The first kappa shape index (κ1) is 22.0. The molecular weight excluding hydrogens is 456 g/mol. The Labute approximate surface area is 209 Å². The number of nitrogens with zero attached hydrogens (tertiary/aromatic N) is 3. The van der Waals surface area contributed by atoms with E-state index in [9.17, 15) is 0 Å². The molecule has 0 saturated carbocycles. The topological polar surface area (TPSA) is 79.7 Å². The first-order valence-corrected chi connectivity index (χ1v) is 11.7. The van der Waals surface area contributed by atoms with Crippen LogP contribution in [0.15, 0.2) is 72.6 Å². The predicted octanol–water partition coefficient (Wildman–Crippen LogP) is 5.17. The summed E-state index contributed by atoms with van der Waals surface area (Å²) in [5.41, 5.74) is 6.06. The highest BCUT2D eigenvalue weighted by Crippen LogP contribution is 2.52. The number of nitrogens with one attached hydrogen (secondary N) is 1. The van der Waals surface area contributed by atoms with Gasteiger partial charge in [0.1, 0.15) is 24.2 Å². The molecule has 2 aliphatic heterocycles.